The lowest BCUT2D eigenvalue weighted by molar-refractivity contribution is -0.134. The van der Waals surface area contributed by atoms with E-state index in [1.165, 1.54) is 19.3 Å². The zero-order valence-corrected chi connectivity index (χ0v) is 14.4. The smallest absolute Gasteiger partial charge is 0.260 e. The third kappa shape index (κ3) is 4.75. The van der Waals surface area contributed by atoms with Crippen molar-refractivity contribution in [3.05, 3.63) is 29.8 Å². The summed E-state index contributed by atoms with van der Waals surface area (Å²) in [6, 6.07) is 6.07. The van der Waals surface area contributed by atoms with Crippen LogP contribution in [0.2, 0.25) is 0 Å². The highest BCUT2D eigenvalue weighted by Gasteiger charge is 2.22. The van der Waals surface area contributed by atoms with Crippen LogP contribution in [0, 0.1) is 0 Å². The third-order valence-corrected chi connectivity index (χ3v) is 4.41. The molecule has 1 amide bonds. The molecular formula is C19H27NO3. The van der Waals surface area contributed by atoms with Crippen LogP contribution < -0.4 is 9.47 Å². The Bertz CT molecular complexity index is 548. The Morgan fingerprint density at radius 3 is 2.65 bits per heavy atom. The number of hydrogen-bond acceptors (Lipinski definition) is 3. The second-order valence-electron chi connectivity index (χ2n) is 6.00. The lowest BCUT2D eigenvalue weighted by atomic mass is 9.94. The molecule has 2 rings (SSSR count). The van der Waals surface area contributed by atoms with Crippen LogP contribution in [0.25, 0.3) is 6.08 Å². The van der Waals surface area contributed by atoms with Crippen LogP contribution in [0.3, 0.4) is 0 Å². The average molecular weight is 317 g/mol. The van der Waals surface area contributed by atoms with Gasteiger partial charge in [-0.1, -0.05) is 37.5 Å². The number of allylic oxidation sites excluding steroid dienone is 1. The molecule has 0 aliphatic heterocycles. The molecule has 0 heterocycles. The van der Waals surface area contributed by atoms with Gasteiger partial charge in [-0.05, 0) is 37.5 Å². The van der Waals surface area contributed by atoms with E-state index < -0.39 is 0 Å². The molecule has 1 aromatic carbocycles. The van der Waals surface area contributed by atoms with E-state index in [4.69, 9.17) is 9.47 Å². The minimum Gasteiger partial charge on any atom is -0.493 e. The number of hydrogen-bond donors (Lipinski definition) is 0. The number of ether oxygens (including phenoxy) is 2. The lowest BCUT2D eigenvalue weighted by Crippen LogP contribution is -2.40. The van der Waals surface area contributed by atoms with E-state index in [2.05, 4.69) is 0 Å². The van der Waals surface area contributed by atoms with Gasteiger partial charge in [-0.25, -0.2) is 0 Å². The van der Waals surface area contributed by atoms with E-state index in [1.54, 1.807) is 7.11 Å². The Hall–Kier alpha value is -1.97. The molecule has 0 aromatic heterocycles. The highest BCUT2D eigenvalue weighted by atomic mass is 16.5. The first-order valence-corrected chi connectivity index (χ1v) is 8.35. The van der Waals surface area contributed by atoms with Gasteiger partial charge in [0.2, 0.25) is 0 Å². The highest BCUT2D eigenvalue weighted by Crippen LogP contribution is 2.29. The van der Waals surface area contributed by atoms with Crippen molar-refractivity contribution in [1.29, 1.82) is 0 Å². The minimum absolute atomic E-state index is 0.0245. The molecule has 1 saturated carbocycles. The number of likely N-dealkylation sites (N-methyl/N-ethyl adjacent to an activating group) is 1. The molecule has 4 heteroatoms. The first-order valence-electron chi connectivity index (χ1n) is 8.35. The number of amides is 1. The van der Waals surface area contributed by atoms with Crippen LogP contribution in [0.1, 0.15) is 44.6 Å². The molecule has 23 heavy (non-hydrogen) atoms. The van der Waals surface area contributed by atoms with Crippen LogP contribution in [0.15, 0.2) is 24.3 Å². The van der Waals surface area contributed by atoms with E-state index >= 15 is 0 Å². The lowest BCUT2D eigenvalue weighted by Gasteiger charge is -2.31. The highest BCUT2D eigenvalue weighted by molar-refractivity contribution is 5.78. The quantitative estimate of drug-likeness (QED) is 0.799. The van der Waals surface area contributed by atoms with Crippen molar-refractivity contribution in [3.63, 3.8) is 0 Å². The van der Waals surface area contributed by atoms with Crippen LogP contribution in [-0.2, 0) is 4.79 Å². The molecule has 1 fully saturated rings. The molecule has 126 valence electrons. The van der Waals surface area contributed by atoms with Gasteiger partial charge >= 0.3 is 0 Å². The molecule has 0 spiro atoms. The maximum absolute atomic E-state index is 12.3. The van der Waals surface area contributed by atoms with E-state index in [1.807, 2.05) is 49.2 Å². The van der Waals surface area contributed by atoms with Gasteiger partial charge in [-0.15, -0.1) is 0 Å². The molecule has 4 nitrogen and oxygen atoms in total. The normalized spacial score (nSPS) is 15.6. The van der Waals surface area contributed by atoms with Crippen molar-refractivity contribution >= 4 is 12.0 Å². The maximum atomic E-state index is 12.3. The molecule has 1 aliphatic carbocycles. The topological polar surface area (TPSA) is 38.8 Å². The van der Waals surface area contributed by atoms with E-state index in [-0.39, 0.29) is 12.5 Å². The van der Waals surface area contributed by atoms with Gasteiger partial charge in [0.15, 0.2) is 18.1 Å². The number of nitrogens with zero attached hydrogens (tertiary/aromatic N) is 1. The van der Waals surface area contributed by atoms with E-state index in [9.17, 15) is 4.79 Å². The van der Waals surface area contributed by atoms with Gasteiger partial charge in [0.1, 0.15) is 0 Å². The van der Waals surface area contributed by atoms with Crippen LogP contribution in [0.4, 0.5) is 0 Å². The Labute approximate surface area is 139 Å². The Kier molecular flexibility index (Phi) is 6.51. The van der Waals surface area contributed by atoms with Crippen molar-refractivity contribution in [2.24, 2.45) is 0 Å². The Morgan fingerprint density at radius 1 is 1.26 bits per heavy atom. The summed E-state index contributed by atoms with van der Waals surface area (Å²) >= 11 is 0. The Balaban J connectivity index is 1.95. The van der Waals surface area contributed by atoms with Gasteiger partial charge in [-0.3, -0.25) is 4.79 Å². The summed E-state index contributed by atoms with van der Waals surface area (Å²) in [5.74, 6) is 1.27. The molecule has 1 aromatic rings. The fourth-order valence-corrected chi connectivity index (χ4v) is 3.01. The number of carbonyl (C=O) groups excluding carboxylic acids is 1. The van der Waals surface area contributed by atoms with Crippen LogP contribution >= 0.6 is 0 Å². The zero-order valence-electron chi connectivity index (χ0n) is 14.4. The van der Waals surface area contributed by atoms with Crippen molar-refractivity contribution in [2.45, 2.75) is 45.1 Å². The van der Waals surface area contributed by atoms with Gasteiger partial charge in [-0.2, -0.15) is 0 Å². The Morgan fingerprint density at radius 2 is 2.00 bits per heavy atom. The van der Waals surface area contributed by atoms with Crippen molar-refractivity contribution in [2.75, 3.05) is 20.8 Å². The summed E-state index contributed by atoms with van der Waals surface area (Å²) in [7, 11) is 3.49. The summed E-state index contributed by atoms with van der Waals surface area (Å²) < 4.78 is 11.1. The molecule has 0 radical (unpaired) electrons. The SMILES string of the molecule is C/C=C/c1ccc(OCC(=O)N(C)C2CCCCC2)c(OC)c1. The zero-order chi connectivity index (χ0) is 16.7. The predicted molar refractivity (Wildman–Crippen MR) is 92.8 cm³/mol. The largest absolute Gasteiger partial charge is 0.493 e. The summed E-state index contributed by atoms with van der Waals surface area (Å²) in [4.78, 5) is 14.2. The van der Waals surface area contributed by atoms with Crippen LogP contribution in [0.5, 0.6) is 11.5 Å². The van der Waals surface area contributed by atoms with Crippen molar-refractivity contribution < 1.29 is 14.3 Å². The fraction of sp³-hybridized carbons (Fsp3) is 0.526. The van der Waals surface area contributed by atoms with E-state index in [0.29, 0.717) is 17.5 Å². The van der Waals surface area contributed by atoms with Gasteiger partial charge in [0.05, 0.1) is 7.11 Å². The van der Waals surface area contributed by atoms with Crippen LogP contribution in [-0.4, -0.2) is 37.6 Å². The standard InChI is InChI=1S/C19H27NO3/c1-4-8-15-11-12-17(18(13-15)22-3)23-14-19(21)20(2)16-9-6-5-7-10-16/h4,8,11-13,16H,5-7,9-10,14H2,1-3H3/b8-4+. The second-order valence-corrected chi connectivity index (χ2v) is 6.00. The number of rotatable bonds is 6. The number of methoxy groups -OCH3 is 1. The molecule has 0 bridgehead atoms. The summed E-state index contributed by atoms with van der Waals surface area (Å²) in [5.41, 5.74) is 1.04. The molecule has 0 unspecified atom stereocenters. The summed E-state index contributed by atoms with van der Waals surface area (Å²) in [6.45, 7) is 2.02. The molecular weight excluding hydrogens is 290 g/mol. The summed E-state index contributed by atoms with van der Waals surface area (Å²) in [5, 5.41) is 0. The van der Waals surface area contributed by atoms with E-state index in [0.717, 1.165) is 18.4 Å². The van der Waals surface area contributed by atoms with Gasteiger partial charge in [0, 0.05) is 13.1 Å². The van der Waals surface area contributed by atoms with Gasteiger partial charge < -0.3 is 14.4 Å². The molecule has 0 saturated heterocycles. The minimum atomic E-state index is 0.0245. The first kappa shape index (κ1) is 17.4. The van der Waals surface area contributed by atoms with Gasteiger partial charge in [0.25, 0.3) is 5.91 Å². The van der Waals surface area contributed by atoms with Crippen molar-refractivity contribution in [1.82, 2.24) is 4.90 Å². The third-order valence-electron chi connectivity index (χ3n) is 4.41. The maximum Gasteiger partial charge on any atom is 0.260 e. The second kappa shape index (κ2) is 8.61. The number of benzene rings is 1. The predicted octanol–water partition coefficient (Wildman–Crippen LogP) is 3.90. The first-order chi connectivity index (χ1) is 11.2. The average Bonchev–Trinajstić information content (AvgIpc) is 2.60. The molecule has 0 N–H and O–H groups in total. The molecule has 0 atom stereocenters. The summed E-state index contributed by atoms with van der Waals surface area (Å²) in [6.07, 6.45) is 9.87. The molecule has 1 aliphatic rings. The number of carbonyl (C=O) groups is 1. The van der Waals surface area contributed by atoms with Crippen molar-refractivity contribution in [3.8, 4) is 11.5 Å². The monoisotopic (exact) mass is 317 g/mol. The fourth-order valence-electron chi connectivity index (χ4n) is 3.01.